The fourth-order valence-electron chi connectivity index (χ4n) is 1.19. The maximum atomic E-state index is 12.2. The second-order valence-electron chi connectivity index (χ2n) is 3.31. The largest absolute Gasteiger partial charge is 0.396 e. The normalized spacial score (nSPS) is 23.5. The van der Waals surface area contributed by atoms with E-state index in [9.17, 15) is 4.57 Å². The number of hydrogen-bond donors (Lipinski definition) is 1. The van der Waals surface area contributed by atoms with Gasteiger partial charge in [0.15, 0.2) is 0 Å². The van der Waals surface area contributed by atoms with Gasteiger partial charge in [0.05, 0.1) is 6.61 Å². The van der Waals surface area contributed by atoms with E-state index in [2.05, 4.69) is 0 Å². The van der Waals surface area contributed by atoms with Crippen molar-refractivity contribution in [1.82, 2.24) is 9.34 Å². The molecule has 0 radical (unpaired) electrons. The van der Waals surface area contributed by atoms with Gasteiger partial charge in [0.2, 0.25) is 0 Å². The van der Waals surface area contributed by atoms with E-state index in [0.717, 1.165) is 26.2 Å². The Kier molecular flexibility index (Phi) is 2.72. The van der Waals surface area contributed by atoms with Crippen LogP contribution < -0.4 is 0 Å². The molecule has 0 aromatic carbocycles. The monoisotopic (exact) mass is 206 g/mol. The summed E-state index contributed by atoms with van der Waals surface area (Å²) in [4.78, 5) is 0. The number of nitrogens with zero attached hydrogens (tertiary/aromatic N) is 2. The summed E-state index contributed by atoms with van der Waals surface area (Å²) >= 11 is 0. The molecule has 2 aliphatic rings. The molecule has 0 atom stereocenters. The van der Waals surface area contributed by atoms with Gasteiger partial charge in [0, 0.05) is 32.8 Å². The van der Waals surface area contributed by atoms with Crippen molar-refractivity contribution < 1.29 is 14.2 Å². The van der Waals surface area contributed by atoms with Crippen LogP contribution >= 0.6 is 7.67 Å². The minimum atomic E-state index is -2.62. The predicted molar refractivity (Wildman–Crippen MR) is 48.4 cm³/mol. The Morgan fingerprint density at radius 2 is 1.77 bits per heavy atom. The first-order chi connectivity index (χ1) is 6.27. The van der Waals surface area contributed by atoms with E-state index in [1.165, 1.54) is 0 Å². The van der Waals surface area contributed by atoms with E-state index in [-0.39, 0.29) is 6.61 Å². The highest BCUT2D eigenvalue weighted by atomic mass is 31.2. The lowest BCUT2D eigenvalue weighted by Crippen LogP contribution is -2.09. The SMILES string of the molecule is O=P(OCCCO)(N1CC1)N1CC1. The Bertz CT molecular complexity index is 212. The van der Waals surface area contributed by atoms with Gasteiger partial charge in [-0.15, -0.1) is 0 Å². The molecular formula is C7H15N2O3P. The topological polar surface area (TPSA) is 52.5 Å². The average Bonchev–Trinajstić information content (AvgIpc) is 2.95. The summed E-state index contributed by atoms with van der Waals surface area (Å²) in [5.41, 5.74) is 0. The van der Waals surface area contributed by atoms with Crippen molar-refractivity contribution in [2.45, 2.75) is 6.42 Å². The fraction of sp³-hybridized carbons (Fsp3) is 1.00. The molecule has 2 aliphatic heterocycles. The van der Waals surface area contributed by atoms with Crippen LogP contribution in [0.5, 0.6) is 0 Å². The number of aliphatic hydroxyl groups is 1. The molecule has 0 saturated carbocycles. The van der Waals surface area contributed by atoms with E-state index >= 15 is 0 Å². The average molecular weight is 206 g/mol. The minimum Gasteiger partial charge on any atom is -0.396 e. The minimum absolute atomic E-state index is 0.0972. The zero-order valence-corrected chi connectivity index (χ0v) is 8.45. The highest BCUT2D eigenvalue weighted by molar-refractivity contribution is 7.54. The molecule has 6 heteroatoms. The summed E-state index contributed by atoms with van der Waals surface area (Å²) in [5, 5.41) is 8.57. The van der Waals surface area contributed by atoms with Gasteiger partial charge in [0.1, 0.15) is 0 Å². The first-order valence-electron chi connectivity index (χ1n) is 4.63. The molecule has 0 aromatic heterocycles. The zero-order valence-electron chi connectivity index (χ0n) is 7.56. The summed E-state index contributed by atoms with van der Waals surface area (Å²) in [6.07, 6.45) is 0.561. The zero-order chi connectivity index (χ0) is 9.31. The van der Waals surface area contributed by atoms with E-state index in [1.807, 2.05) is 9.34 Å². The Hall–Kier alpha value is 0.0700. The van der Waals surface area contributed by atoms with Crippen LogP contribution in [0.2, 0.25) is 0 Å². The lowest BCUT2D eigenvalue weighted by atomic mass is 10.5. The van der Waals surface area contributed by atoms with Gasteiger partial charge in [-0.1, -0.05) is 0 Å². The van der Waals surface area contributed by atoms with Crippen LogP contribution in [0.25, 0.3) is 0 Å². The molecule has 5 nitrogen and oxygen atoms in total. The highest BCUT2D eigenvalue weighted by Crippen LogP contribution is 2.60. The van der Waals surface area contributed by atoms with Crippen LogP contribution in [-0.2, 0) is 9.09 Å². The van der Waals surface area contributed by atoms with Crippen molar-refractivity contribution in [3.05, 3.63) is 0 Å². The molecule has 2 heterocycles. The van der Waals surface area contributed by atoms with Crippen LogP contribution in [0.3, 0.4) is 0 Å². The molecule has 0 bridgehead atoms. The Morgan fingerprint density at radius 1 is 1.23 bits per heavy atom. The molecule has 13 heavy (non-hydrogen) atoms. The molecule has 0 aliphatic carbocycles. The summed E-state index contributed by atoms with van der Waals surface area (Å²) < 4.78 is 21.3. The third kappa shape index (κ3) is 2.11. The van der Waals surface area contributed by atoms with Gasteiger partial charge in [-0.2, -0.15) is 0 Å². The number of rotatable bonds is 6. The van der Waals surface area contributed by atoms with Crippen molar-refractivity contribution in [1.29, 1.82) is 0 Å². The van der Waals surface area contributed by atoms with Crippen molar-refractivity contribution in [3.8, 4) is 0 Å². The maximum Gasteiger partial charge on any atom is 0.346 e. The van der Waals surface area contributed by atoms with Crippen molar-refractivity contribution in [3.63, 3.8) is 0 Å². The van der Waals surface area contributed by atoms with Gasteiger partial charge >= 0.3 is 7.67 Å². The van der Waals surface area contributed by atoms with Crippen molar-refractivity contribution in [2.24, 2.45) is 0 Å². The Morgan fingerprint density at radius 3 is 2.15 bits per heavy atom. The number of hydrogen-bond acceptors (Lipinski definition) is 3. The fourth-order valence-corrected chi connectivity index (χ4v) is 3.43. The second-order valence-corrected chi connectivity index (χ2v) is 5.68. The highest BCUT2D eigenvalue weighted by Gasteiger charge is 2.49. The summed E-state index contributed by atoms with van der Waals surface area (Å²) in [5.74, 6) is 0. The van der Waals surface area contributed by atoms with E-state index < -0.39 is 7.67 Å². The van der Waals surface area contributed by atoms with Crippen LogP contribution in [0, 0.1) is 0 Å². The van der Waals surface area contributed by atoms with Crippen molar-refractivity contribution in [2.75, 3.05) is 39.4 Å². The smallest absolute Gasteiger partial charge is 0.346 e. The first-order valence-corrected chi connectivity index (χ1v) is 6.17. The molecule has 76 valence electrons. The van der Waals surface area contributed by atoms with Crippen LogP contribution in [-0.4, -0.2) is 53.8 Å². The molecule has 2 rings (SSSR count). The Labute approximate surface area is 77.8 Å². The third-order valence-electron chi connectivity index (χ3n) is 2.12. The lowest BCUT2D eigenvalue weighted by molar-refractivity contribution is 0.219. The summed E-state index contributed by atoms with van der Waals surface area (Å²) in [6.45, 7) is 4.01. The van der Waals surface area contributed by atoms with Crippen LogP contribution in [0.1, 0.15) is 6.42 Å². The van der Waals surface area contributed by atoms with Crippen LogP contribution in [0.4, 0.5) is 0 Å². The van der Waals surface area contributed by atoms with Gasteiger partial charge in [-0.05, 0) is 6.42 Å². The van der Waals surface area contributed by atoms with Crippen LogP contribution in [0.15, 0.2) is 0 Å². The van der Waals surface area contributed by atoms with E-state index in [1.54, 1.807) is 0 Å². The standard InChI is InChI=1S/C7H15N2O3P/c10-6-1-7-12-13(11,8-2-3-8)9-4-5-9/h10H,1-7H2. The lowest BCUT2D eigenvalue weighted by Gasteiger charge is -2.19. The number of aliphatic hydroxyl groups excluding tert-OH is 1. The molecule has 2 saturated heterocycles. The molecule has 1 N–H and O–H groups in total. The van der Waals surface area contributed by atoms with Gasteiger partial charge in [-0.3, -0.25) is 4.57 Å². The third-order valence-corrected chi connectivity index (χ3v) is 4.87. The van der Waals surface area contributed by atoms with Gasteiger partial charge in [0.25, 0.3) is 0 Å². The second kappa shape index (κ2) is 3.67. The maximum absolute atomic E-state index is 12.2. The molecular weight excluding hydrogens is 191 g/mol. The molecule has 2 fully saturated rings. The van der Waals surface area contributed by atoms with Gasteiger partial charge < -0.3 is 9.63 Å². The molecule has 0 unspecified atom stereocenters. The summed E-state index contributed by atoms with van der Waals surface area (Å²) in [6, 6.07) is 0. The molecule has 0 aromatic rings. The van der Waals surface area contributed by atoms with E-state index in [4.69, 9.17) is 9.63 Å². The van der Waals surface area contributed by atoms with Crippen molar-refractivity contribution >= 4 is 7.67 Å². The quantitative estimate of drug-likeness (QED) is 0.380. The predicted octanol–water partition coefficient (Wildman–Crippen LogP) is 0.125. The molecule has 0 spiro atoms. The molecule has 0 amide bonds. The summed E-state index contributed by atoms with van der Waals surface area (Å²) in [7, 11) is -2.62. The van der Waals surface area contributed by atoms with E-state index in [0.29, 0.717) is 13.0 Å². The first kappa shape index (κ1) is 9.62. The van der Waals surface area contributed by atoms with Gasteiger partial charge in [-0.25, -0.2) is 9.34 Å². The Balaban J connectivity index is 1.85.